The summed E-state index contributed by atoms with van der Waals surface area (Å²) in [6, 6.07) is 0. The summed E-state index contributed by atoms with van der Waals surface area (Å²) in [5.41, 5.74) is 0. The Morgan fingerprint density at radius 2 is 2.00 bits per heavy atom. The molecule has 0 aromatic heterocycles. The number of nitrogens with one attached hydrogen (secondary N) is 1. The molecule has 1 heterocycles. The van der Waals surface area contributed by atoms with E-state index in [9.17, 15) is 5.21 Å². The van der Waals surface area contributed by atoms with E-state index in [1.807, 2.05) is 0 Å². The molecule has 3 heteroatoms. The second-order valence-electron chi connectivity index (χ2n) is 2.47. The molecule has 1 rings (SSSR count). The van der Waals surface area contributed by atoms with Crippen LogP contribution in [0.4, 0.5) is 0 Å². The van der Waals surface area contributed by atoms with Crippen molar-refractivity contribution in [2.75, 3.05) is 32.7 Å². The third-order valence-corrected chi connectivity index (χ3v) is 1.86. The van der Waals surface area contributed by atoms with Crippen LogP contribution in [0.15, 0.2) is 0 Å². The van der Waals surface area contributed by atoms with Crippen molar-refractivity contribution >= 4 is 0 Å². The molecule has 0 saturated carbocycles. The summed E-state index contributed by atoms with van der Waals surface area (Å²) in [5, 5.41) is 11.1. The molecule has 0 radical (unpaired) electrons. The molecule has 0 aromatic rings. The molecule has 54 valence electrons. The molecule has 1 aliphatic heterocycles. The van der Waals surface area contributed by atoms with Gasteiger partial charge in [-0.3, -0.25) is 4.90 Å². The van der Waals surface area contributed by atoms with Crippen molar-refractivity contribution in [3.05, 3.63) is 5.21 Å². The highest BCUT2D eigenvalue weighted by Gasteiger charge is 2.11. The number of piperazine rings is 1. The molecule has 0 unspecified atom stereocenters. The predicted octanol–water partition coefficient (Wildman–Crippen LogP) is -1.30. The van der Waals surface area contributed by atoms with Crippen LogP contribution in [0.25, 0.3) is 0 Å². The number of rotatable bonds is 1. The summed E-state index contributed by atoms with van der Waals surface area (Å²) in [7, 11) is 0. The van der Waals surface area contributed by atoms with Crippen molar-refractivity contribution < 1.29 is 5.06 Å². The fourth-order valence-electron chi connectivity index (χ4n) is 1.12. The van der Waals surface area contributed by atoms with Crippen LogP contribution in [0.1, 0.15) is 6.92 Å². The summed E-state index contributed by atoms with van der Waals surface area (Å²) < 4.78 is 0. The van der Waals surface area contributed by atoms with E-state index in [4.69, 9.17) is 0 Å². The molecule has 0 atom stereocenters. The van der Waals surface area contributed by atoms with Crippen LogP contribution in [0, 0.1) is 5.21 Å². The molecule has 3 nitrogen and oxygen atoms in total. The molecule has 1 aliphatic rings. The topological polar surface area (TPSA) is 30.7 Å². The second-order valence-corrected chi connectivity index (χ2v) is 2.47. The maximum absolute atomic E-state index is 10.7. The lowest BCUT2D eigenvalue weighted by atomic mass is 10.4. The largest absolute Gasteiger partial charge is 0.634 e. The van der Waals surface area contributed by atoms with E-state index in [0.717, 1.165) is 32.7 Å². The number of quaternary nitrogens is 1. The van der Waals surface area contributed by atoms with E-state index in [1.54, 1.807) is 0 Å². The lowest BCUT2D eigenvalue weighted by molar-refractivity contribution is -0.853. The monoisotopic (exact) mass is 130 g/mol. The van der Waals surface area contributed by atoms with Crippen LogP contribution >= 0.6 is 0 Å². The third-order valence-electron chi connectivity index (χ3n) is 1.86. The molecule has 0 bridgehead atoms. The van der Waals surface area contributed by atoms with Gasteiger partial charge < -0.3 is 10.3 Å². The molecule has 0 amide bonds. The molecular weight excluding hydrogens is 116 g/mol. The highest BCUT2D eigenvalue weighted by molar-refractivity contribution is 4.56. The van der Waals surface area contributed by atoms with E-state index >= 15 is 0 Å². The molecule has 1 saturated heterocycles. The van der Waals surface area contributed by atoms with Crippen LogP contribution in [-0.2, 0) is 0 Å². The number of likely N-dealkylation sites (N-methyl/N-ethyl adjacent to an activating group) is 1. The first-order valence-corrected chi connectivity index (χ1v) is 3.57. The molecule has 1 N–H and O–H groups in total. The molecule has 9 heavy (non-hydrogen) atoms. The van der Waals surface area contributed by atoms with E-state index in [1.165, 1.54) is 0 Å². The fraction of sp³-hybridized carbons (Fsp3) is 1.00. The van der Waals surface area contributed by atoms with Crippen LogP contribution in [0.2, 0.25) is 0 Å². The summed E-state index contributed by atoms with van der Waals surface area (Å²) >= 11 is 0. The molecular formula is C6H14N2O. The standard InChI is InChI=1S/C6H14N2O/c1-2-7-3-5-8(9)6-4-7/h8H,2-6H2,1H3. The molecule has 1 fully saturated rings. The van der Waals surface area contributed by atoms with E-state index in [-0.39, 0.29) is 0 Å². The van der Waals surface area contributed by atoms with Gasteiger partial charge in [0, 0.05) is 13.1 Å². The number of hydrogen-bond acceptors (Lipinski definition) is 2. The quantitative estimate of drug-likeness (QED) is 0.447. The Morgan fingerprint density at radius 1 is 1.44 bits per heavy atom. The van der Waals surface area contributed by atoms with Crippen molar-refractivity contribution in [2.24, 2.45) is 0 Å². The van der Waals surface area contributed by atoms with E-state index in [0.29, 0.717) is 5.06 Å². The van der Waals surface area contributed by atoms with Gasteiger partial charge in [-0.1, -0.05) is 6.92 Å². The summed E-state index contributed by atoms with van der Waals surface area (Å²) in [6.45, 7) is 6.73. The minimum Gasteiger partial charge on any atom is -0.634 e. The summed E-state index contributed by atoms with van der Waals surface area (Å²) in [4.78, 5) is 2.31. The Labute approximate surface area is 55.8 Å². The molecule has 0 aromatic carbocycles. The highest BCUT2D eigenvalue weighted by Crippen LogP contribution is 1.85. The first-order chi connectivity index (χ1) is 4.33. The number of nitrogens with zero attached hydrogens (tertiary/aromatic N) is 1. The zero-order chi connectivity index (χ0) is 6.69. The number of hydroxylamine groups is 2. The average Bonchev–Trinajstić information content (AvgIpc) is 1.90. The fourth-order valence-corrected chi connectivity index (χ4v) is 1.12. The maximum Gasteiger partial charge on any atom is 0.0897 e. The van der Waals surface area contributed by atoms with Gasteiger partial charge in [0.25, 0.3) is 0 Å². The summed E-state index contributed by atoms with van der Waals surface area (Å²) in [6.07, 6.45) is 0. The Bertz CT molecular complexity index is 79.1. The maximum atomic E-state index is 10.7. The lowest BCUT2D eigenvalue weighted by Gasteiger charge is -2.33. The van der Waals surface area contributed by atoms with Gasteiger partial charge in [-0.2, -0.15) is 0 Å². The van der Waals surface area contributed by atoms with Crippen LogP contribution in [0.3, 0.4) is 0 Å². The zero-order valence-corrected chi connectivity index (χ0v) is 5.89. The normalized spacial score (nSPS) is 24.7. The zero-order valence-electron chi connectivity index (χ0n) is 5.89. The Balaban J connectivity index is 2.18. The Kier molecular flexibility index (Phi) is 2.45. The van der Waals surface area contributed by atoms with Gasteiger partial charge in [0.15, 0.2) is 0 Å². The lowest BCUT2D eigenvalue weighted by Crippen LogP contribution is -3.10. The van der Waals surface area contributed by atoms with Gasteiger partial charge in [0.05, 0.1) is 13.1 Å². The van der Waals surface area contributed by atoms with Gasteiger partial charge in [-0.05, 0) is 6.54 Å². The Morgan fingerprint density at radius 3 is 2.44 bits per heavy atom. The van der Waals surface area contributed by atoms with Crippen molar-refractivity contribution in [1.29, 1.82) is 0 Å². The van der Waals surface area contributed by atoms with Crippen molar-refractivity contribution in [1.82, 2.24) is 4.90 Å². The van der Waals surface area contributed by atoms with Crippen LogP contribution < -0.4 is 5.06 Å². The van der Waals surface area contributed by atoms with E-state index < -0.39 is 0 Å². The minimum atomic E-state index is 0.430. The minimum absolute atomic E-state index is 0.430. The van der Waals surface area contributed by atoms with Crippen LogP contribution in [-0.4, -0.2) is 37.6 Å². The van der Waals surface area contributed by atoms with Gasteiger partial charge in [-0.25, -0.2) is 0 Å². The first-order valence-electron chi connectivity index (χ1n) is 3.57. The molecule has 0 spiro atoms. The SMILES string of the molecule is CCN1CC[NH+]([O-])CC1. The average molecular weight is 130 g/mol. The first kappa shape index (κ1) is 6.99. The van der Waals surface area contributed by atoms with Gasteiger partial charge in [0.1, 0.15) is 0 Å². The summed E-state index contributed by atoms with van der Waals surface area (Å²) in [5.74, 6) is 0. The van der Waals surface area contributed by atoms with Crippen molar-refractivity contribution in [3.63, 3.8) is 0 Å². The van der Waals surface area contributed by atoms with Gasteiger partial charge in [0.2, 0.25) is 0 Å². The van der Waals surface area contributed by atoms with Crippen molar-refractivity contribution in [2.45, 2.75) is 6.92 Å². The van der Waals surface area contributed by atoms with Crippen LogP contribution in [0.5, 0.6) is 0 Å². The second kappa shape index (κ2) is 3.15. The third kappa shape index (κ3) is 1.93. The van der Waals surface area contributed by atoms with Crippen molar-refractivity contribution in [3.8, 4) is 0 Å². The highest BCUT2D eigenvalue weighted by atomic mass is 16.5. The van der Waals surface area contributed by atoms with E-state index in [2.05, 4.69) is 11.8 Å². The van der Waals surface area contributed by atoms with Gasteiger partial charge in [-0.15, -0.1) is 0 Å². The smallest absolute Gasteiger partial charge is 0.0897 e. The Hall–Kier alpha value is -0.120. The van der Waals surface area contributed by atoms with Gasteiger partial charge >= 0.3 is 0 Å². The predicted molar refractivity (Wildman–Crippen MR) is 36.2 cm³/mol. The number of hydrogen-bond donors (Lipinski definition) is 1. The molecule has 0 aliphatic carbocycles.